The van der Waals surface area contributed by atoms with Crippen molar-refractivity contribution in [3.8, 4) is 5.75 Å². The summed E-state index contributed by atoms with van der Waals surface area (Å²) in [5.41, 5.74) is 2.66. The maximum absolute atomic E-state index is 12.7. The molecule has 0 aliphatic carbocycles. The van der Waals surface area contributed by atoms with Crippen LogP contribution in [0, 0.1) is 0 Å². The summed E-state index contributed by atoms with van der Waals surface area (Å²) in [6, 6.07) is 13.7. The van der Waals surface area contributed by atoms with Gasteiger partial charge in [-0.15, -0.1) is 0 Å². The van der Waals surface area contributed by atoms with Crippen molar-refractivity contribution in [2.45, 2.75) is 45.4 Å². The van der Waals surface area contributed by atoms with Gasteiger partial charge in [-0.3, -0.25) is 14.5 Å². The van der Waals surface area contributed by atoms with Gasteiger partial charge >= 0.3 is 6.03 Å². The number of benzene rings is 2. The minimum absolute atomic E-state index is 0.130. The Morgan fingerprint density at radius 1 is 1.15 bits per heavy atom. The summed E-state index contributed by atoms with van der Waals surface area (Å²) in [5.74, 6) is 0.682. The van der Waals surface area contributed by atoms with E-state index in [1.165, 1.54) is 0 Å². The number of fused-ring (bicyclic) bond motifs is 1. The number of urea groups is 1. The van der Waals surface area contributed by atoms with E-state index in [0.717, 1.165) is 27.3 Å². The number of carbonyl (C=O) groups excluding carboxylic acids is 3. The lowest BCUT2D eigenvalue weighted by Crippen LogP contribution is -2.36. The maximum Gasteiger partial charge on any atom is 0.325 e. The van der Waals surface area contributed by atoms with E-state index in [2.05, 4.69) is 34.0 Å². The molecule has 9 nitrogen and oxygen atoms in total. The Morgan fingerprint density at radius 2 is 1.88 bits per heavy atom. The van der Waals surface area contributed by atoms with Crippen LogP contribution in [0.15, 0.2) is 48.5 Å². The normalized spacial score (nSPS) is 15.9. The van der Waals surface area contributed by atoms with Gasteiger partial charge in [0.1, 0.15) is 17.6 Å². The molecule has 9 heteroatoms. The van der Waals surface area contributed by atoms with Gasteiger partial charge in [-0.05, 0) is 43.7 Å². The van der Waals surface area contributed by atoms with Crippen molar-refractivity contribution >= 4 is 28.9 Å². The van der Waals surface area contributed by atoms with Crippen molar-refractivity contribution < 1.29 is 19.1 Å². The van der Waals surface area contributed by atoms with Gasteiger partial charge in [0.15, 0.2) is 0 Å². The quantitative estimate of drug-likeness (QED) is 0.515. The number of nitrogens with zero attached hydrogens (tertiary/aromatic N) is 3. The fourth-order valence-electron chi connectivity index (χ4n) is 4.01. The van der Waals surface area contributed by atoms with Crippen LogP contribution < -0.4 is 15.4 Å². The van der Waals surface area contributed by atoms with E-state index in [4.69, 9.17) is 4.74 Å². The molecule has 172 valence electrons. The van der Waals surface area contributed by atoms with Gasteiger partial charge in [0.25, 0.3) is 5.91 Å². The minimum Gasteiger partial charge on any atom is -0.497 e. The molecule has 2 N–H and O–H groups in total. The molecule has 0 bridgehead atoms. The van der Waals surface area contributed by atoms with Gasteiger partial charge < -0.3 is 19.9 Å². The Morgan fingerprint density at radius 3 is 2.58 bits per heavy atom. The molecule has 33 heavy (non-hydrogen) atoms. The number of hydrogen-bond donors (Lipinski definition) is 2. The monoisotopic (exact) mass is 449 g/mol. The van der Waals surface area contributed by atoms with E-state index >= 15 is 0 Å². The molecule has 3 aromatic rings. The summed E-state index contributed by atoms with van der Waals surface area (Å²) in [5, 5.41) is 5.44. The number of imide groups is 1. The SMILES string of the molecule is COc1ccc(CN2C(=O)N[C@@H](CC(=O)NCc3nc4ccccc4n3C(C)C)C2=O)cc1. The second kappa shape index (κ2) is 9.32. The van der Waals surface area contributed by atoms with E-state index in [-0.39, 0.29) is 31.5 Å². The third-order valence-electron chi connectivity index (χ3n) is 5.63. The van der Waals surface area contributed by atoms with Crippen molar-refractivity contribution in [2.24, 2.45) is 0 Å². The van der Waals surface area contributed by atoms with E-state index in [1.807, 2.05) is 24.3 Å². The van der Waals surface area contributed by atoms with Crippen LogP contribution in [0.3, 0.4) is 0 Å². The number of methoxy groups -OCH3 is 1. The minimum atomic E-state index is -0.889. The van der Waals surface area contributed by atoms with Crippen LogP contribution in [-0.2, 0) is 22.7 Å². The summed E-state index contributed by atoms with van der Waals surface area (Å²) in [4.78, 5) is 43.4. The first-order valence-electron chi connectivity index (χ1n) is 10.8. The highest BCUT2D eigenvalue weighted by Gasteiger charge is 2.39. The van der Waals surface area contributed by atoms with Crippen LogP contribution in [0.2, 0.25) is 0 Å². The Balaban J connectivity index is 1.37. The molecule has 0 radical (unpaired) electrons. The number of imidazole rings is 1. The fourth-order valence-corrected chi connectivity index (χ4v) is 4.01. The summed E-state index contributed by atoms with van der Waals surface area (Å²) in [7, 11) is 1.57. The highest BCUT2D eigenvalue weighted by atomic mass is 16.5. The summed E-state index contributed by atoms with van der Waals surface area (Å²) < 4.78 is 7.20. The number of aromatic nitrogens is 2. The lowest BCUT2D eigenvalue weighted by molar-refractivity contribution is -0.131. The highest BCUT2D eigenvalue weighted by Crippen LogP contribution is 2.21. The van der Waals surface area contributed by atoms with Gasteiger partial charge in [-0.2, -0.15) is 0 Å². The molecule has 2 aromatic carbocycles. The van der Waals surface area contributed by atoms with Gasteiger partial charge in [0, 0.05) is 6.04 Å². The first-order chi connectivity index (χ1) is 15.9. The van der Waals surface area contributed by atoms with Crippen molar-refractivity contribution in [3.63, 3.8) is 0 Å². The van der Waals surface area contributed by atoms with Crippen LogP contribution in [0.1, 0.15) is 37.7 Å². The number of hydrogen-bond acceptors (Lipinski definition) is 5. The number of carbonyl (C=O) groups is 3. The molecule has 0 saturated carbocycles. The molecular formula is C24H27N5O4. The molecule has 1 aliphatic heterocycles. The highest BCUT2D eigenvalue weighted by molar-refractivity contribution is 6.05. The molecule has 1 aliphatic rings. The number of nitrogens with one attached hydrogen (secondary N) is 2. The van der Waals surface area contributed by atoms with Gasteiger partial charge in [0.2, 0.25) is 5.91 Å². The summed E-state index contributed by atoms with van der Waals surface area (Å²) in [6.45, 7) is 4.48. The lowest BCUT2D eigenvalue weighted by atomic mass is 10.1. The Kier molecular flexibility index (Phi) is 6.30. The lowest BCUT2D eigenvalue weighted by Gasteiger charge is -2.14. The molecule has 0 spiro atoms. The average molecular weight is 450 g/mol. The van der Waals surface area contributed by atoms with Gasteiger partial charge in [-0.25, -0.2) is 9.78 Å². The van der Waals surface area contributed by atoms with Crippen LogP contribution in [0.5, 0.6) is 5.75 Å². The van der Waals surface area contributed by atoms with E-state index in [1.54, 1.807) is 31.4 Å². The van der Waals surface area contributed by atoms with Crippen molar-refractivity contribution in [1.82, 2.24) is 25.1 Å². The largest absolute Gasteiger partial charge is 0.497 e. The molecule has 1 atom stereocenters. The van der Waals surface area contributed by atoms with Crippen LogP contribution >= 0.6 is 0 Å². The molecule has 0 unspecified atom stereocenters. The van der Waals surface area contributed by atoms with Crippen LogP contribution in [-0.4, -0.2) is 45.4 Å². The van der Waals surface area contributed by atoms with Crippen LogP contribution in [0.25, 0.3) is 11.0 Å². The molecule has 4 amide bonds. The smallest absolute Gasteiger partial charge is 0.325 e. The number of para-hydroxylation sites is 2. The summed E-state index contributed by atoms with van der Waals surface area (Å²) in [6.07, 6.45) is -0.133. The molecule has 2 heterocycles. The third kappa shape index (κ3) is 4.67. The van der Waals surface area contributed by atoms with E-state index < -0.39 is 18.0 Å². The van der Waals surface area contributed by atoms with Crippen molar-refractivity contribution in [3.05, 3.63) is 59.9 Å². The predicted molar refractivity (Wildman–Crippen MR) is 122 cm³/mol. The van der Waals surface area contributed by atoms with Crippen molar-refractivity contribution in [2.75, 3.05) is 7.11 Å². The Labute approximate surface area is 191 Å². The van der Waals surface area contributed by atoms with Crippen LogP contribution in [0.4, 0.5) is 4.79 Å². The number of rotatable bonds is 8. The molecule has 1 fully saturated rings. The molecular weight excluding hydrogens is 422 g/mol. The Bertz CT molecular complexity index is 1190. The fraction of sp³-hybridized carbons (Fsp3) is 0.333. The number of amides is 4. The zero-order valence-electron chi connectivity index (χ0n) is 18.9. The van der Waals surface area contributed by atoms with Gasteiger partial charge in [-0.1, -0.05) is 24.3 Å². The topological polar surface area (TPSA) is 106 Å². The first kappa shape index (κ1) is 22.3. The molecule has 4 rings (SSSR count). The zero-order valence-corrected chi connectivity index (χ0v) is 18.9. The maximum atomic E-state index is 12.7. The zero-order chi connectivity index (χ0) is 23.5. The second-order valence-corrected chi connectivity index (χ2v) is 8.24. The summed E-state index contributed by atoms with van der Waals surface area (Å²) >= 11 is 0. The van der Waals surface area contributed by atoms with Crippen molar-refractivity contribution in [1.29, 1.82) is 0 Å². The third-order valence-corrected chi connectivity index (χ3v) is 5.63. The second-order valence-electron chi connectivity index (χ2n) is 8.24. The van der Waals surface area contributed by atoms with E-state index in [9.17, 15) is 14.4 Å². The van der Waals surface area contributed by atoms with Gasteiger partial charge in [0.05, 0.1) is 37.7 Å². The molecule has 1 saturated heterocycles. The standard InChI is InChI=1S/C24H27N5O4/c1-15(2)29-20-7-5-4-6-18(20)26-21(29)13-25-22(30)12-19-23(31)28(24(32)27-19)14-16-8-10-17(33-3)11-9-16/h4-11,15,19H,12-14H2,1-3H3,(H,25,30)(H,27,32)/t19-/m0/s1. The predicted octanol–water partition coefficient (Wildman–Crippen LogP) is 2.75. The average Bonchev–Trinajstić information content (AvgIpc) is 3.30. The molecule has 1 aromatic heterocycles. The first-order valence-corrected chi connectivity index (χ1v) is 10.8. The number of ether oxygens (including phenoxy) is 1. The Hall–Kier alpha value is -3.88. The van der Waals surface area contributed by atoms with E-state index in [0.29, 0.717) is 5.75 Å².